The fraction of sp³-hybridized carbons (Fsp3) is 0.696. The Balaban J connectivity index is 1.51. The van der Waals surface area contributed by atoms with Gasteiger partial charge in [-0.05, 0) is 70.8 Å². The van der Waals surface area contributed by atoms with Crippen LogP contribution in [0.15, 0.2) is 29.4 Å². The molecule has 0 aromatic heterocycles. The van der Waals surface area contributed by atoms with Gasteiger partial charge in [-0.3, -0.25) is 4.90 Å². The monoisotopic (exact) mass is 403 g/mol. The fourth-order valence-corrected chi connectivity index (χ4v) is 3.84. The van der Waals surface area contributed by atoms with Gasteiger partial charge in [-0.15, -0.1) is 0 Å². The van der Waals surface area contributed by atoms with Crippen LogP contribution in [-0.4, -0.2) is 80.2 Å². The van der Waals surface area contributed by atoms with E-state index in [1.807, 2.05) is 26.0 Å². The second kappa shape index (κ2) is 11.5. The summed E-state index contributed by atoms with van der Waals surface area (Å²) in [4.78, 5) is 10.5. The maximum absolute atomic E-state index is 5.96. The van der Waals surface area contributed by atoms with Crippen LogP contribution < -0.4 is 4.74 Å². The van der Waals surface area contributed by atoms with Crippen molar-refractivity contribution in [3.05, 3.63) is 29.8 Å². The molecule has 1 unspecified atom stereocenters. The molecule has 0 radical (unpaired) electrons. The van der Waals surface area contributed by atoms with E-state index < -0.39 is 0 Å². The van der Waals surface area contributed by atoms with Crippen molar-refractivity contribution in [2.75, 3.05) is 52.5 Å². The van der Waals surface area contributed by atoms with E-state index in [9.17, 15) is 0 Å². The molecule has 0 saturated carbocycles. The van der Waals surface area contributed by atoms with Crippen LogP contribution in [0.4, 0.5) is 0 Å². The Hall–Kier alpha value is -1.63. The Morgan fingerprint density at radius 2 is 1.93 bits per heavy atom. The Bertz CT molecular complexity index is 627. The molecule has 29 heavy (non-hydrogen) atoms. The second-order valence-corrected chi connectivity index (χ2v) is 8.33. The van der Waals surface area contributed by atoms with E-state index in [0.717, 1.165) is 75.5 Å². The summed E-state index contributed by atoms with van der Waals surface area (Å²) >= 11 is 0. The normalized spacial score (nSPS) is 21.7. The first-order valence-electron chi connectivity index (χ1n) is 11.1. The molecule has 162 valence electrons. The molecular weight excluding hydrogens is 366 g/mol. The Labute approximate surface area is 175 Å². The molecule has 2 saturated heterocycles. The van der Waals surface area contributed by atoms with Gasteiger partial charge in [0.1, 0.15) is 17.6 Å². The van der Waals surface area contributed by atoms with Gasteiger partial charge >= 0.3 is 0 Å². The van der Waals surface area contributed by atoms with Gasteiger partial charge < -0.3 is 19.2 Å². The minimum Gasteiger partial charge on any atom is -0.494 e. The number of nitrogens with zero attached hydrogens (tertiary/aromatic N) is 3. The standard InChI is InChI=1S/C23H37N3O3/c1-19(2)29-24-23(18-25-13-16-27-17-14-25)21-7-9-22(10-8-21)28-15-5-12-26-11-4-6-20(26)3/h7-10,19-20H,4-6,11-18H2,1-3H3. The minimum atomic E-state index is 0.0654. The molecule has 2 fully saturated rings. The highest BCUT2D eigenvalue weighted by Crippen LogP contribution is 2.17. The Morgan fingerprint density at radius 3 is 2.59 bits per heavy atom. The van der Waals surface area contributed by atoms with Crippen LogP contribution in [0, 0.1) is 0 Å². The summed E-state index contributed by atoms with van der Waals surface area (Å²) in [5.41, 5.74) is 2.03. The van der Waals surface area contributed by atoms with Gasteiger partial charge in [0, 0.05) is 37.8 Å². The number of oxime groups is 1. The van der Waals surface area contributed by atoms with Gasteiger partial charge in [-0.1, -0.05) is 5.16 Å². The van der Waals surface area contributed by atoms with Gasteiger partial charge in [0.25, 0.3) is 0 Å². The quantitative estimate of drug-likeness (QED) is 0.340. The third-order valence-corrected chi connectivity index (χ3v) is 5.59. The van der Waals surface area contributed by atoms with Crippen LogP contribution in [0.2, 0.25) is 0 Å². The number of likely N-dealkylation sites (tertiary alicyclic amines) is 1. The summed E-state index contributed by atoms with van der Waals surface area (Å²) in [7, 11) is 0. The molecule has 0 bridgehead atoms. The maximum Gasteiger partial charge on any atom is 0.122 e. The highest BCUT2D eigenvalue weighted by atomic mass is 16.6. The SMILES string of the molecule is CC(C)ON=C(CN1CCOCC1)c1ccc(OCCCN2CCCC2C)cc1. The topological polar surface area (TPSA) is 46.5 Å². The van der Waals surface area contributed by atoms with Gasteiger partial charge in [0.2, 0.25) is 0 Å². The lowest BCUT2D eigenvalue weighted by molar-refractivity contribution is 0.0437. The summed E-state index contributed by atoms with van der Waals surface area (Å²) in [5.74, 6) is 0.915. The molecule has 2 heterocycles. The molecule has 1 aromatic carbocycles. The molecule has 0 spiro atoms. The fourth-order valence-electron chi connectivity index (χ4n) is 3.84. The first kappa shape index (κ1) is 22.1. The van der Waals surface area contributed by atoms with Crippen LogP contribution in [0.3, 0.4) is 0 Å². The maximum atomic E-state index is 5.96. The van der Waals surface area contributed by atoms with E-state index in [4.69, 9.17) is 14.3 Å². The highest BCUT2D eigenvalue weighted by Gasteiger charge is 2.19. The molecule has 1 atom stereocenters. The average molecular weight is 404 g/mol. The van der Waals surface area contributed by atoms with Crippen LogP contribution >= 0.6 is 0 Å². The van der Waals surface area contributed by atoms with Gasteiger partial charge in [0.05, 0.1) is 19.8 Å². The van der Waals surface area contributed by atoms with E-state index in [1.165, 1.54) is 19.4 Å². The van der Waals surface area contributed by atoms with Crippen molar-refractivity contribution in [3.63, 3.8) is 0 Å². The van der Waals surface area contributed by atoms with Crippen molar-refractivity contribution in [2.45, 2.75) is 52.2 Å². The molecule has 6 nitrogen and oxygen atoms in total. The zero-order valence-corrected chi connectivity index (χ0v) is 18.3. The second-order valence-electron chi connectivity index (χ2n) is 8.33. The number of hydrogen-bond donors (Lipinski definition) is 0. The Kier molecular flexibility index (Phi) is 8.77. The van der Waals surface area contributed by atoms with E-state index in [-0.39, 0.29) is 6.10 Å². The van der Waals surface area contributed by atoms with Crippen molar-refractivity contribution in [3.8, 4) is 5.75 Å². The molecule has 2 aliphatic rings. The molecular formula is C23H37N3O3. The summed E-state index contributed by atoms with van der Waals surface area (Å²) in [5, 5.41) is 4.43. The van der Waals surface area contributed by atoms with Crippen molar-refractivity contribution in [2.24, 2.45) is 5.16 Å². The van der Waals surface area contributed by atoms with E-state index in [2.05, 4.69) is 34.0 Å². The van der Waals surface area contributed by atoms with Crippen LogP contribution in [0.1, 0.15) is 45.6 Å². The third-order valence-electron chi connectivity index (χ3n) is 5.59. The molecule has 2 aliphatic heterocycles. The minimum absolute atomic E-state index is 0.0654. The van der Waals surface area contributed by atoms with Crippen molar-refractivity contribution < 1.29 is 14.3 Å². The average Bonchev–Trinajstić information content (AvgIpc) is 3.14. The third kappa shape index (κ3) is 7.28. The number of rotatable bonds is 10. The highest BCUT2D eigenvalue weighted by molar-refractivity contribution is 6.01. The smallest absolute Gasteiger partial charge is 0.122 e. The summed E-state index contributed by atoms with van der Waals surface area (Å²) in [6, 6.07) is 8.98. The molecule has 0 N–H and O–H groups in total. The van der Waals surface area contributed by atoms with Gasteiger partial charge in [0.15, 0.2) is 0 Å². The van der Waals surface area contributed by atoms with E-state index in [1.54, 1.807) is 0 Å². The first-order chi connectivity index (χ1) is 14.1. The number of hydrogen-bond acceptors (Lipinski definition) is 6. The van der Waals surface area contributed by atoms with Crippen LogP contribution in [-0.2, 0) is 9.57 Å². The lowest BCUT2D eigenvalue weighted by atomic mass is 10.1. The lowest BCUT2D eigenvalue weighted by Crippen LogP contribution is -2.39. The van der Waals surface area contributed by atoms with Crippen LogP contribution in [0.5, 0.6) is 5.75 Å². The number of benzene rings is 1. The lowest BCUT2D eigenvalue weighted by Gasteiger charge is -2.27. The predicted octanol–water partition coefficient (Wildman–Crippen LogP) is 3.40. The summed E-state index contributed by atoms with van der Waals surface area (Å²) in [6.07, 6.45) is 3.80. The molecule has 1 aromatic rings. The molecule has 0 aliphatic carbocycles. The zero-order chi connectivity index (χ0) is 20.5. The summed E-state index contributed by atoms with van der Waals surface area (Å²) in [6.45, 7) is 13.6. The predicted molar refractivity (Wildman–Crippen MR) is 117 cm³/mol. The number of morpholine rings is 1. The number of ether oxygens (including phenoxy) is 2. The van der Waals surface area contributed by atoms with Gasteiger partial charge in [-0.2, -0.15) is 0 Å². The van der Waals surface area contributed by atoms with E-state index >= 15 is 0 Å². The zero-order valence-electron chi connectivity index (χ0n) is 18.3. The summed E-state index contributed by atoms with van der Waals surface area (Å²) < 4.78 is 11.4. The van der Waals surface area contributed by atoms with Crippen molar-refractivity contribution in [1.29, 1.82) is 0 Å². The van der Waals surface area contributed by atoms with Crippen LogP contribution in [0.25, 0.3) is 0 Å². The largest absolute Gasteiger partial charge is 0.494 e. The van der Waals surface area contributed by atoms with E-state index in [0.29, 0.717) is 0 Å². The Morgan fingerprint density at radius 1 is 1.17 bits per heavy atom. The first-order valence-corrected chi connectivity index (χ1v) is 11.1. The van der Waals surface area contributed by atoms with Crippen molar-refractivity contribution >= 4 is 5.71 Å². The molecule has 0 amide bonds. The van der Waals surface area contributed by atoms with Crippen molar-refractivity contribution in [1.82, 2.24) is 9.80 Å². The van der Waals surface area contributed by atoms with Gasteiger partial charge in [-0.25, -0.2) is 0 Å². The molecule has 3 rings (SSSR count). The molecule has 6 heteroatoms.